The predicted molar refractivity (Wildman–Crippen MR) is 86.1 cm³/mol. The number of aromatic nitrogens is 4. The van der Waals surface area contributed by atoms with E-state index in [4.69, 9.17) is 15.2 Å². The molecule has 0 saturated carbocycles. The highest BCUT2D eigenvalue weighted by atomic mass is 32.2. The molecule has 0 aromatic carbocycles. The quantitative estimate of drug-likeness (QED) is 0.434. The zero-order valence-electron chi connectivity index (χ0n) is 13.5. The normalized spacial score (nSPS) is 27.2. The summed E-state index contributed by atoms with van der Waals surface area (Å²) in [5, 5.41) is 10.7. The second kappa shape index (κ2) is 6.03. The van der Waals surface area contributed by atoms with Gasteiger partial charge in [-0.15, -0.1) is 0 Å². The third-order valence-electron chi connectivity index (χ3n) is 4.05. The van der Waals surface area contributed by atoms with Crippen LogP contribution in [0.4, 0.5) is 5.95 Å². The molecule has 0 radical (unpaired) electrons. The van der Waals surface area contributed by atoms with Gasteiger partial charge < -0.3 is 20.3 Å². The highest BCUT2D eigenvalue weighted by molar-refractivity contribution is 7.88. The number of methoxy groups -OCH3 is 1. The molecule has 25 heavy (non-hydrogen) atoms. The number of H-pyrrole nitrogens is 1. The highest BCUT2D eigenvalue weighted by Gasteiger charge is 2.52. The van der Waals surface area contributed by atoms with E-state index in [-0.39, 0.29) is 30.3 Å². The molecule has 3 atom stereocenters. The van der Waals surface area contributed by atoms with Gasteiger partial charge >= 0.3 is 0 Å². The minimum Gasteiger partial charge on any atom is -0.385 e. The number of aliphatic hydroxyl groups excluding tert-OH is 1. The van der Waals surface area contributed by atoms with Crippen molar-refractivity contribution in [3.63, 3.8) is 0 Å². The number of fused-ring (bicyclic) bond motifs is 1. The Labute approximate surface area is 142 Å². The molecule has 0 unspecified atom stereocenters. The second-order valence-electron chi connectivity index (χ2n) is 5.70. The molecule has 2 aromatic rings. The summed E-state index contributed by atoms with van der Waals surface area (Å²) in [5.41, 5.74) is 3.74. The van der Waals surface area contributed by atoms with Crippen molar-refractivity contribution in [1.29, 1.82) is 0 Å². The van der Waals surface area contributed by atoms with E-state index in [1.165, 1.54) is 18.0 Å². The van der Waals surface area contributed by atoms with Gasteiger partial charge in [-0.1, -0.05) is 0 Å². The first-order valence-electron chi connectivity index (χ1n) is 7.21. The molecule has 1 aliphatic rings. The number of aliphatic hydroxyl groups is 1. The monoisotopic (exact) mass is 374 g/mol. The zero-order valence-corrected chi connectivity index (χ0v) is 14.3. The van der Waals surface area contributed by atoms with Gasteiger partial charge in [0.2, 0.25) is 16.0 Å². The molecule has 138 valence electrons. The Morgan fingerprint density at radius 2 is 2.36 bits per heavy atom. The number of nitrogen functional groups attached to an aromatic ring is 1. The first-order chi connectivity index (χ1) is 11.7. The average Bonchev–Trinajstić information content (AvgIpc) is 3.07. The van der Waals surface area contributed by atoms with Crippen LogP contribution in [-0.2, 0) is 25.2 Å². The largest absolute Gasteiger partial charge is 0.385 e. The Kier molecular flexibility index (Phi) is 4.28. The lowest BCUT2D eigenvalue weighted by atomic mass is 10.1. The van der Waals surface area contributed by atoms with Crippen molar-refractivity contribution in [2.75, 3.05) is 32.3 Å². The van der Waals surface area contributed by atoms with Crippen molar-refractivity contribution in [1.82, 2.24) is 24.2 Å². The van der Waals surface area contributed by atoms with Crippen LogP contribution in [0.3, 0.4) is 0 Å². The van der Waals surface area contributed by atoms with Gasteiger partial charge in [-0.2, -0.15) is 4.98 Å². The summed E-state index contributed by atoms with van der Waals surface area (Å²) in [6.45, 7) is -0.255. The number of hydrogen-bond acceptors (Lipinski definition) is 9. The Balaban J connectivity index is 2.01. The summed E-state index contributed by atoms with van der Waals surface area (Å²) in [5.74, 6) is -0.116. The molecule has 0 amide bonds. The fourth-order valence-electron chi connectivity index (χ4n) is 2.79. The smallest absolute Gasteiger partial charge is 0.280 e. The number of rotatable bonds is 5. The zero-order chi connectivity index (χ0) is 18.4. The Hall–Kier alpha value is -2.06. The lowest BCUT2D eigenvalue weighted by molar-refractivity contribution is -0.135. The fraction of sp³-hybridized carbons (Fsp3) is 0.583. The van der Waals surface area contributed by atoms with Gasteiger partial charge in [0, 0.05) is 13.7 Å². The van der Waals surface area contributed by atoms with Crippen LogP contribution in [0.15, 0.2) is 11.1 Å². The average molecular weight is 374 g/mol. The topological polar surface area (TPSA) is 174 Å². The third-order valence-corrected chi connectivity index (χ3v) is 4.74. The molecule has 12 nitrogen and oxygen atoms in total. The SMILES string of the molecule is CO[C@]1(n2cnc3c(=O)[nH]c(N)nc32)CO[C@H](CNS(C)(=O)=O)[C@H]1O. The van der Waals surface area contributed by atoms with Crippen LogP contribution in [0.2, 0.25) is 0 Å². The van der Waals surface area contributed by atoms with Gasteiger partial charge in [-0.25, -0.2) is 18.1 Å². The van der Waals surface area contributed by atoms with Crippen LogP contribution in [-0.4, -0.2) is 71.8 Å². The van der Waals surface area contributed by atoms with Crippen molar-refractivity contribution in [3.05, 3.63) is 16.7 Å². The van der Waals surface area contributed by atoms with Crippen molar-refractivity contribution in [2.24, 2.45) is 0 Å². The molecule has 3 rings (SSSR count). The lowest BCUT2D eigenvalue weighted by Gasteiger charge is -2.32. The van der Waals surface area contributed by atoms with Crippen LogP contribution >= 0.6 is 0 Å². The number of anilines is 1. The number of aromatic amines is 1. The van der Waals surface area contributed by atoms with E-state index in [9.17, 15) is 18.3 Å². The number of nitrogens with one attached hydrogen (secondary N) is 2. The Bertz CT molecular complexity index is 955. The fourth-order valence-corrected chi connectivity index (χ4v) is 3.26. The summed E-state index contributed by atoms with van der Waals surface area (Å²) >= 11 is 0. The predicted octanol–water partition coefficient (Wildman–Crippen LogP) is -2.69. The van der Waals surface area contributed by atoms with Gasteiger partial charge in [0.15, 0.2) is 16.9 Å². The van der Waals surface area contributed by atoms with Crippen molar-refractivity contribution in [2.45, 2.75) is 17.9 Å². The maximum Gasteiger partial charge on any atom is 0.280 e. The summed E-state index contributed by atoms with van der Waals surface area (Å²) in [4.78, 5) is 22.3. The van der Waals surface area contributed by atoms with Gasteiger partial charge in [-0.3, -0.25) is 14.3 Å². The minimum absolute atomic E-state index is 0.0236. The van der Waals surface area contributed by atoms with E-state index in [1.54, 1.807) is 0 Å². The molecule has 3 heterocycles. The molecule has 1 fully saturated rings. The van der Waals surface area contributed by atoms with Crippen molar-refractivity contribution < 1.29 is 23.0 Å². The van der Waals surface area contributed by atoms with Crippen LogP contribution in [0.5, 0.6) is 0 Å². The molecule has 0 bridgehead atoms. The lowest BCUT2D eigenvalue weighted by Crippen LogP contribution is -2.49. The van der Waals surface area contributed by atoms with Crippen LogP contribution < -0.4 is 16.0 Å². The van der Waals surface area contributed by atoms with Gasteiger partial charge in [-0.05, 0) is 0 Å². The molecule has 2 aromatic heterocycles. The maximum absolute atomic E-state index is 11.9. The van der Waals surface area contributed by atoms with Gasteiger partial charge in [0.1, 0.15) is 12.2 Å². The van der Waals surface area contributed by atoms with E-state index in [2.05, 4.69) is 19.7 Å². The molecule has 0 spiro atoms. The first kappa shape index (κ1) is 17.8. The standard InChI is InChI=1S/C12H18N6O6S/c1-23-12(4-24-6(8(12)19)3-15-25(2,21)22)18-5-14-7-9(18)16-11(13)17-10(7)20/h5-6,8,15,19H,3-4H2,1-2H3,(H3,13,16,17,20)/t6-,8-,12-/m1/s1. The summed E-state index contributed by atoms with van der Waals surface area (Å²) in [6.07, 6.45) is 0.160. The Morgan fingerprint density at radius 3 is 3.00 bits per heavy atom. The van der Waals surface area contributed by atoms with Crippen LogP contribution in [0.25, 0.3) is 11.2 Å². The molecular formula is C12H18N6O6S. The van der Waals surface area contributed by atoms with Crippen molar-refractivity contribution in [3.8, 4) is 0 Å². The minimum atomic E-state index is -3.45. The van der Waals surface area contributed by atoms with E-state index >= 15 is 0 Å². The van der Waals surface area contributed by atoms with E-state index in [1.807, 2.05) is 0 Å². The molecule has 1 saturated heterocycles. The van der Waals surface area contributed by atoms with Gasteiger partial charge in [0.25, 0.3) is 5.56 Å². The molecule has 13 heteroatoms. The number of ether oxygens (including phenoxy) is 2. The van der Waals surface area contributed by atoms with Gasteiger partial charge in [0.05, 0.1) is 19.2 Å². The molecule has 1 aliphatic heterocycles. The number of sulfonamides is 1. The third kappa shape index (κ3) is 3.00. The van der Waals surface area contributed by atoms with E-state index in [0.717, 1.165) is 6.26 Å². The molecule has 0 aliphatic carbocycles. The highest BCUT2D eigenvalue weighted by Crippen LogP contribution is 2.34. The maximum atomic E-state index is 11.9. The second-order valence-corrected chi connectivity index (χ2v) is 7.53. The van der Waals surface area contributed by atoms with E-state index < -0.39 is 33.5 Å². The first-order valence-corrected chi connectivity index (χ1v) is 9.10. The number of hydrogen-bond donors (Lipinski definition) is 4. The molecular weight excluding hydrogens is 356 g/mol. The number of nitrogens with two attached hydrogens (primary N) is 1. The summed E-state index contributed by atoms with van der Waals surface area (Å²) in [6, 6.07) is 0. The van der Waals surface area contributed by atoms with E-state index in [0.29, 0.717) is 0 Å². The molecule has 5 N–H and O–H groups in total. The summed E-state index contributed by atoms with van der Waals surface area (Å²) < 4.78 is 37.1. The van der Waals surface area contributed by atoms with Crippen LogP contribution in [0.1, 0.15) is 0 Å². The number of imidazole rings is 1. The Morgan fingerprint density at radius 1 is 1.64 bits per heavy atom. The number of nitrogens with zero attached hydrogens (tertiary/aromatic N) is 3. The van der Waals surface area contributed by atoms with Crippen molar-refractivity contribution >= 4 is 27.1 Å². The summed E-state index contributed by atoms with van der Waals surface area (Å²) in [7, 11) is -2.11. The van der Waals surface area contributed by atoms with Crippen LogP contribution in [0, 0.1) is 0 Å².